The van der Waals surface area contributed by atoms with Gasteiger partial charge in [-0.1, -0.05) is 48.5 Å². The van der Waals surface area contributed by atoms with Gasteiger partial charge in [-0.2, -0.15) is 0 Å². The van der Waals surface area contributed by atoms with E-state index in [9.17, 15) is 9.59 Å². The molecule has 4 rings (SSSR count). The highest BCUT2D eigenvalue weighted by molar-refractivity contribution is 5.93. The fourth-order valence-electron chi connectivity index (χ4n) is 3.61. The first-order chi connectivity index (χ1) is 13.1. The van der Waals surface area contributed by atoms with Crippen LogP contribution >= 0.6 is 0 Å². The average molecular weight is 360 g/mol. The van der Waals surface area contributed by atoms with Gasteiger partial charge in [0, 0.05) is 18.7 Å². The third-order valence-corrected chi connectivity index (χ3v) is 5.10. The van der Waals surface area contributed by atoms with E-state index in [1.54, 1.807) is 17.6 Å². The highest BCUT2D eigenvalue weighted by atomic mass is 16.5. The largest absolute Gasteiger partial charge is 0.338 e. The smallest absolute Gasteiger partial charge is 0.274 e. The maximum atomic E-state index is 12.8. The van der Waals surface area contributed by atoms with Crippen molar-refractivity contribution in [1.82, 2.24) is 10.4 Å². The maximum absolute atomic E-state index is 12.8. The van der Waals surface area contributed by atoms with Gasteiger partial charge in [-0.3, -0.25) is 14.8 Å². The molecule has 0 fully saturated rings. The fraction of sp³-hybridized carbons (Fsp3) is 0.182. The summed E-state index contributed by atoms with van der Waals surface area (Å²) in [5.41, 5.74) is 5.13. The summed E-state index contributed by atoms with van der Waals surface area (Å²) in [4.78, 5) is 26.2. The van der Waals surface area contributed by atoms with Gasteiger partial charge in [0.05, 0.1) is 6.42 Å². The van der Waals surface area contributed by atoms with E-state index in [2.05, 4.69) is 12.1 Å². The Morgan fingerprint density at radius 3 is 2.59 bits per heavy atom. The van der Waals surface area contributed by atoms with Gasteiger partial charge in [0.1, 0.15) is 0 Å². The minimum atomic E-state index is -0.544. The molecule has 1 aliphatic heterocycles. The van der Waals surface area contributed by atoms with Crippen molar-refractivity contribution in [3.05, 3.63) is 82.9 Å². The Balaban J connectivity index is 1.50. The van der Waals surface area contributed by atoms with Crippen molar-refractivity contribution in [2.24, 2.45) is 0 Å². The molecule has 3 aromatic carbocycles. The van der Waals surface area contributed by atoms with Crippen molar-refractivity contribution in [2.75, 3.05) is 6.54 Å². The van der Waals surface area contributed by atoms with Crippen LogP contribution in [0.5, 0.6) is 0 Å². The molecule has 0 bridgehead atoms. The van der Waals surface area contributed by atoms with E-state index in [-0.39, 0.29) is 5.91 Å². The second-order valence-corrected chi connectivity index (χ2v) is 6.85. The number of fused-ring (bicyclic) bond motifs is 2. The molecule has 136 valence electrons. The number of benzene rings is 3. The third-order valence-electron chi connectivity index (χ3n) is 5.10. The van der Waals surface area contributed by atoms with Gasteiger partial charge >= 0.3 is 0 Å². The molecule has 0 saturated carbocycles. The highest BCUT2D eigenvalue weighted by Crippen LogP contribution is 2.22. The van der Waals surface area contributed by atoms with E-state index in [0.29, 0.717) is 25.1 Å². The Hall–Kier alpha value is -3.18. The number of rotatable bonds is 3. The van der Waals surface area contributed by atoms with Crippen molar-refractivity contribution in [3.63, 3.8) is 0 Å². The van der Waals surface area contributed by atoms with E-state index < -0.39 is 5.91 Å². The predicted octanol–water partition coefficient (Wildman–Crippen LogP) is 3.09. The zero-order valence-electron chi connectivity index (χ0n) is 14.8. The van der Waals surface area contributed by atoms with Gasteiger partial charge in [0.2, 0.25) is 5.91 Å². The quantitative estimate of drug-likeness (QED) is 0.557. The van der Waals surface area contributed by atoms with Crippen LogP contribution in [0.25, 0.3) is 10.8 Å². The number of amides is 2. The van der Waals surface area contributed by atoms with Crippen LogP contribution in [0.4, 0.5) is 0 Å². The van der Waals surface area contributed by atoms with Gasteiger partial charge in [0.15, 0.2) is 0 Å². The molecule has 0 atom stereocenters. The molecule has 0 radical (unpaired) electrons. The third kappa shape index (κ3) is 3.55. The normalized spacial score (nSPS) is 13.3. The number of hydrogen-bond acceptors (Lipinski definition) is 3. The Morgan fingerprint density at radius 2 is 1.78 bits per heavy atom. The summed E-state index contributed by atoms with van der Waals surface area (Å²) in [5.74, 6) is -0.467. The Morgan fingerprint density at radius 1 is 0.963 bits per heavy atom. The number of carbonyl (C=O) groups excluding carboxylic acids is 2. The molecule has 5 nitrogen and oxygen atoms in total. The minimum absolute atomic E-state index is 0.0768. The van der Waals surface area contributed by atoms with Crippen molar-refractivity contribution in [3.8, 4) is 0 Å². The summed E-state index contributed by atoms with van der Waals surface area (Å²) in [6.07, 6.45) is 1.12. The van der Waals surface area contributed by atoms with Crippen molar-refractivity contribution in [2.45, 2.75) is 19.4 Å². The molecule has 27 heavy (non-hydrogen) atoms. The molecule has 1 aliphatic rings. The van der Waals surface area contributed by atoms with Crippen LogP contribution in [-0.4, -0.2) is 28.5 Å². The lowest BCUT2D eigenvalue weighted by molar-refractivity contribution is -0.131. The van der Waals surface area contributed by atoms with Crippen LogP contribution in [0, 0.1) is 0 Å². The molecule has 2 amide bonds. The Labute approximate surface area is 157 Å². The van der Waals surface area contributed by atoms with Crippen LogP contribution in [0.1, 0.15) is 27.0 Å². The molecular weight excluding hydrogens is 340 g/mol. The number of hydroxylamine groups is 1. The molecule has 0 aliphatic carbocycles. The average Bonchev–Trinajstić information content (AvgIpc) is 2.72. The first-order valence-corrected chi connectivity index (χ1v) is 8.96. The summed E-state index contributed by atoms with van der Waals surface area (Å²) < 4.78 is 0. The number of hydrogen-bond donors (Lipinski definition) is 2. The van der Waals surface area contributed by atoms with Crippen LogP contribution < -0.4 is 5.48 Å². The second-order valence-electron chi connectivity index (χ2n) is 6.85. The Kier molecular flexibility index (Phi) is 4.60. The summed E-state index contributed by atoms with van der Waals surface area (Å²) in [5, 5.41) is 11.1. The molecule has 0 unspecified atom stereocenters. The van der Waals surface area contributed by atoms with Gasteiger partial charge < -0.3 is 4.90 Å². The lowest BCUT2D eigenvalue weighted by Crippen LogP contribution is -2.37. The topological polar surface area (TPSA) is 69.6 Å². The molecule has 1 heterocycles. The van der Waals surface area contributed by atoms with Gasteiger partial charge in [-0.25, -0.2) is 5.48 Å². The first kappa shape index (κ1) is 17.2. The lowest BCUT2D eigenvalue weighted by Gasteiger charge is -2.29. The maximum Gasteiger partial charge on any atom is 0.274 e. The van der Waals surface area contributed by atoms with Gasteiger partial charge in [-0.15, -0.1) is 0 Å². The molecule has 2 N–H and O–H groups in total. The molecule has 0 aromatic heterocycles. The number of nitrogens with zero attached hydrogens (tertiary/aromatic N) is 1. The summed E-state index contributed by atoms with van der Waals surface area (Å²) in [7, 11) is 0. The summed E-state index contributed by atoms with van der Waals surface area (Å²) in [6, 6.07) is 19.5. The molecule has 5 heteroatoms. The van der Waals surface area contributed by atoms with Crippen molar-refractivity contribution >= 4 is 22.6 Å². The van der Waals surface area contributed by atoms with Gasteiger partial charge in [0.25, 0.3) is 5.91 Å². The highest BCUT2D eigenvalue weighted by Gasteiger charge is 2.22. The first-order valence-electron chi connectivity index (χ1n) is 8.96. The van der Waals surface area contributed by atoms with Crippen molar-refractivity contribution in [1.29, 1.82) is 0 Å². The van der Waals surface area contributed by atoms with Gasteiger partial charge in [-0.05, 0) is 46.0 Å². The lowest BCUT2D eigenvalue weighted by atomic mass is 9.96. The Bertz CT molecular complexity index is 1030. The molecule has 0 spiro atoms. The van der Waals surface area contributed by atoms with Crippen LogP contribution in [0.3, 0.4) is 0 Å². The predicted molar refractivity (Wildman–Crippen MR) is 102 cm³/mol. The summed E-state index contributed by atoms with van der Waals surface area (Å²) >= 11 is 0. The number of nitrogens with one attached hydrogen (secondary N) is 1. The standard InChI is InChI=1S/C22H20N2O3/c25-21(12-15-5-6-16-3-1-2-4-18(16)11-15)24-10-9-17-7-8-19(22(26)23-27)13-20(17)14-24/h1-8,11,13,27H,9-10,12,14H2,(H,23,26). The van der Waals surface area contributed by atoms with Crippen molar-refractivity contribution < 1.29 is 14.8 Å². The molecule has 3 aromatic rings. The van der Waals surface area contributed by atoms with Crippen LogP contribution in [0.15, 0.2) is 60.7 Å². The van der Waals surface area contributed by atoms with Crippen LogP contribution in [-0.2, 0) is 24.2 Å². The molecular formula is C22H20N2O3. The minimum Gasteiger partial charge on any atom is -0.338 e. The monoisotopic (exact) mass is 360 g/mol. The zero-order chi connectivity index (χ0) is 18.8. The van der Waals surface area contributed by atoms with E-state index in [1.807, 2.05) is 41.3 Å². The fourth-order valence-corrected chi connectivity index (χ4v) is 3.61. The van der Waals surface area contributed by atoms with E-state index >= 15 is 0 Å². The van der Waals surface area contributed by atoms with E-state index in [0.717, 1.165) is 33.9 Å². The SMILES string of the molecule is O=C(NO)c1ccc2c(c1)CN(C(=O)Cc1ccc3ccccc3c1)CC2. The van der Waals surface area contributed by atoms with Crippen LogP contribution in [0.2, 0.25) is 0 Å². The number of carbonyl (C=O) groups is 2. The zero-order valence-corrected chi connectivity index (χ0v) is 14.8. The summed E-state index contributed by atoms with van der Waals surface area (Å²) in [6.45, 7) is 1.15. The molecule has 0 saturated heterocycles. The van der Waals surface area contributed by atoms with E-state index in [4.69, 9.17) is 5.21 Å². The van der Waals surface area contributed by atoms with E-state index in [1.165, 1.54) is 0 Å². The second kappa shape index (κ2) is 7.21.